The van der Waals surface area contributed by atoms with Gasteiger partial charge in [-0.1, -0.05) is 39.0 Å². The highest BCUT2D eigenvalue weighted by atomic mass is 19.1. The summed E-state index contributed by atoms with van der Waals surface area (Å²) in [7, 11) is 0. The smallest absolute Gasteiger partial charge is 0.261 e. The molecule has 0 bridgehead atoms. The molecule has 7 heteroatoms. The predicted molar refractivity (Wildman–Crippen MR) is 140 cm³/mol. The minimum absolute atomic E-state index is 0.0446. The summed E-state index contributed by atoms with van der Waals surface area (Å²) in [6.07, 6.45) is 4.32. The lowest BCUT2D eigenvalue weighted by atomic mass is 9.87. The highest BCUT2D eigenvalue weighted by Crippen LogP contribution is 2.38. The molecule has 2 amide bonds. The summed E-state index contributed by atoms with van der Waals surface area (Å²) in [4.78, 5) is 31.9. The maximum atomic E-state index is 14.2. The van der Waals surface area contributed by atoms with Gasteiger partial charge in [0, 0.05) is 31.9 Å². The van der Waals surface area contributed by atoms with E-state index in [1.165, 1.54) is 12.1 Å². The number of rotatable bonds is 9. The van der Waals surface area contributed by atoms with Crippen LogP contribution in [0.3, 0.4) is 0 Å². The van der Waals surface area contributed by atoms with Gasteiger partial charge in [0.2, 0.25) is 5.91 Å². The second-order valence-corrected chi connectivity index (χ2v) is 9.84. The number of hydrogen-bond acceptors (Lipinski definition) is 4. The molecule has 1 aromatic heterocycles. The fourth-order valence-electron chi connectivity index (χ4n) is 4.73. The molecule has 1 N–H and O–H groups in total. The van der Waals surface area contributed by atoms with Crippen LogP contribution in [0.4, 0.5) is 4.39 Å². The summed E-state index contributed by atoms with van der Waals surface area (Å²) < 4.78 is 20.4. The van der Waals surface area contributed by atoms with E-state index >= 15 is 0 Å². The van der Waals surface area contributed by atoms with E-state index in [0.29, 0.717) is 38.1 Å². The number of amides is 2. The molecule has 0 fully saturated rings. The van der Waals surface area contributed by atoms with Gasteiger partial charge in [-0.3, -0.25) is 14.6 Å². The minimum Gasteiger partial charge on any atom is -0.481 e. The Labute approximate surface area is 217 Å². The molecule has 0 saturated carbocycles. The number of nitrogens with one attached hydrogen (secondary N) is 1. The van der Waals surface area contributed by atoms with Crippen LogP contribution in [0.5, 0.6) is 5.75 Å². The molecule has 37 heavy (non-hydrogen) atoms. The number of nitrogens with zero attached hydrogens (tertiary/aromatic N) is 2. The first-order chi connectivity index (χ1) is 17.9. The summed E-state index contributed by atoms with van der Waals surface area (Å²) in [5, 5.41) is 2.93. The van der Waals surface area contributed by atoms with Gasteiger partial charge in [-0.2, -0.15) is 0 Å². The fraction of sp³-hybridized carbons (Fsp3) is 0.367. The van der Waals surface area contributed by atoms with Gasteiger partial charge in [-0.05, 0) is 77.4 Å². The number of carbonyl (C=O) groups excluding carboxylic acids is 2. The van der Waals surface area contributed by atoms with Crippen LogP contribution < -0.4 is 10.1 Å². The van der Waals surface area contributed by atoms with Gasteiger partial charge in [-0.25, -0.2) is 4.39 Å². The number of aromatic nitrogens is 1. The van der Waals surface area contributed by atoms with Crippen molar-refractivity contribution in [3.63, 3.8) is 0 Å². The number of fused-ring (bicyclic) bond motifs is 1. The van der Waals surface area contributed by atoms with E-state index in [9.17, 15) is 14.0 Å². The average molecular weight is 504 g/mol. The van der Waals surface area contributed by atoms with Crippen molar-refractivity contribution in [2.45, 2.75) is 58.7 Å². The van der Waals surface area contributed by atoms with Gasteiger partial charge in [-0.15, -0.1) is 0 Å². The molecule has 1 aliphatic heterocycles. The lowest BCUT2D eigenvalue weighted by Crippen LogP contribution is -2.41. The van der Waals surface area contributed by atoms with Crippen LogP contribution in [-0.2, 0) is 22.6 Å². The number of ether oxygens (including phenoxy) is 1. The van der Waals surface area contributed by atoms with Gasteiger partial charge < -0.3 is 15.0 Å². The Morgan fingerprint density at radius 1 is 1.14 bits per heavy atom. The molecule has 6 nitrogen and oxygen atoms in total. The van der Waals surface area contributed by atoms with Crippen molar-refractivity contribution in [2.75, 3.05) is 6.54 Å². The van der Waals surface area contributed by atoms with Crippen molar-refractivity contribution in [3.8, 4) is 5.75 Å². The zero-order valence-corrected chi connectivity index (χ0v) is 21.6. The topological polar surface area (TPSA) is 71.5 Å². The van der Waals surface area contributed by atoms with Gasteiger partial charge in [0.05, 0.1) is 6.04 Å². The van der Waals surface area contributed by atoms with Crippen molar-refractivity contribution >= 4 is 11.8 Å². The van der Waals surface area contributed by atoms with Crippen molar-refractivity contribution in [1.29, 1.82) is 0 Å². The first-order valence-electron chi connectivity index (χ1n) is 12.9. The first kappa shape index (κ1) is 26.3. The largest absolute Gasteiger partial charge is 0.481 e. The molecule has 0 radical (unpaired) electrons. The summed E-state index contributed by atoms with van der Waals surface area (Å²) in [6.45, 7) is 6.89. The molecule has 0 spiro atoms. The van der Waals surface area contributed by atoms with Crippen molar-refractivity contribution in [1.82, 2.24) is 15.2 Å². The highest BCUT2D eigenvalue weighted by Gasteiger charge is 2.33. The van der Waals surface area contributed by atoms with E-state index in [-0.39, 0.29) is 23.5 Å². The molecule has 2 aromatic carbocycles. The van der Waals surface area contributed by atoms with Gasteiger partial charge in [0.25, 0.3) is 5.91 Å². The Morgan fingerprint density at radius 3 is 2.62 bits per heavy atom. The van der Waals surface area contributed by atoms with E-state index in [1.54, 1.807) is 18.5 Å². The number of benzene rings is 2. The van der Waals surface area contributed by atoms with Crippen LogP contribution >= 0.6 is 0 Å². The molecule has 0 saturated heterocycles. The Balaban J connectivity index is 1.59. The van der Waals surface area contributed by atoms with Crippen LogP contribution in [0.2, 0.25) is 0 Å². The quantitative estimate of drug-likeness (QED) is 0.435. The van der Waals surface area contributed by atoms with E-state index < -0.39 is 12.1 Å². The molecule has 4 rings (SSSR count). The fourth-order valence-corrected chi connectivity index (χ4v) is 4.73. The zero-order valence-electron chi connectivity index (χ0n) is 21.6. The lowest BCUT2D eigenvalue weighted by molar-refractivity contribution is -0.134. The maximum absolute atomic E-state index is 14.2. The van der Waals surface area contributed by atoms with Crippen molar-refractivity contribution in [3.05, 3.63) is 95.1 Å². The first-order valence-corrected chi connectivity index (χ1v) is 12.9. The number of hydrogen-bond donors (Lipinski definition) is 1. The van der Waals surface area contributed by atoms with Crippen LogP contribution in [0.15, 0.2) is 67.0 Å². The Hall–Kier alpha value is -3.74. The number of halogens is 1. The lowest BCUT2D eigenvalue weighted by Gasteiger charge is -2.38. The van der Waals surface area contributed by atoms with Crippen molar-refractivity contribution in [2.24, 2.45) is 5.92 Å². The Bertz CT molecular complexity index is 1230. The summed E-state index contributed by atoms with van der Waals surface area (Å²) in [5.74, 6) is 0.262. The van der Waals surface area contributed by atoms with Gasteiger partial charge >= 0.3 is 0 Å². The second-order valence-electron chi connectivity index (χ2n) is 9.84. The Kier molecular flexibility index (Phi) is 8.54. The monoisotopic (exact) mass is 503 g/mol. The van der Waals surface area contributed by atoms with E-state index in [4.69, 9.17) is 4.74 Å². The molecule has 1 aliphatic rings. The standard InChI is InChI=1S/C30H34FN3O3/c1-4-27(30(36)33-19-21-10-13-32-14-11-21)37-25-9-8-22-12-15-34(28(35)16-20(2)3)29(26(22)18-25)23-6-5-7-24(31)17-23/h5-11,13-14,17-18,20,27,29H,4,12,15-16,19H2,1-3H3,(H,33,36)/t27-,29-/m1/s1. The maximum Gasteiger partial charge on any atom is 0.261 e. The SMILES string of the molecule is CC[C@@H](Oc1ccc2c(c1)[C@@H](c1cccc(F)c1)N(C(=O)CC(C)C)CC2)C(=O)NCc1ccncc1. The zero-order chi connectivity index (χ0) is 26.4. The number of carbonyl (C=O) groups is 2. The molecule has 3 aromatic rings. The van der Waals surface area contributed by atoms with E-state index in [1.807, 2.05) is 62.1 Å². The van der Waals surface area contributed by atoms with Crippen LogP contribution in [0.25, 0.3) is 0 Å². The molecular formula is C30H34FN3O3. The summed E-state index contributed by atoms with van der Waals surface area (Å²) in [6, 6.07) is 15.5. The molecular weight excluding hydrogens is 469 g/mol. The molecule has 2 heterocycles. The second kappa shape index (κ2) is 12.0. The average Bonchev–Trinajstić information content (AvgIpc) is 2.89. The van der Waals surface area contributed by atoms with Crippen LogP contribution in [0.1, 0.15) is 61.9 Å². The minimum atomic E-state index is -0.672. The van der Waals surface area contributed by atoms with Crippen LogP contribution in [0, 0.1) is 11.7 Å². The van der Waals surface area contributed by atoms with Crippen molar-refractivity contribution < 1.29 is 18.7 Å². The third kappa shape index (κ3) is 6.53. The molecule has 194 valence electrons. The molecule has 0 aliphatic carbocycles. The van der Waals surface area contributed by atoms with E-state index in [0.717, 1.165) is 22.3 Å². The highest BCUT2D eigenvalue weighted by molar-refractivity contribution is 5.81. The predicted octanol–water partition coefficient (Wildman–Crippen LogP) is 5.21. The Morgan fingerprint density at radius 2 is 1.92 bits per heavy atom. The molecule has 2 atom stereocenters. The third-order valence-corrected chi connectivity index (χ3v) is 6.57. The van der Waals surface area contributed by atoms with E-state index in [2.05, 4.69) is 10.3 Å². The normalized spacial score (nSPS) is 15.7. The molecule has 0 unspecified atom stereocenters. The summed E-state index contributed by atoms with van der Waals surface area (Å²) in [5.41, 5.74) is 3.66. The third-order valence-electron chi connectivity index (χ3n) is 6.57. The number of pyridine rings is 1. The van der Waals surface area contributed by atoms with Crippen LogP contribution in [-0.4, -0.2) is 34.3 Å². The van der Waals surface area contributed by atoms with Gasteiger partial charge in [0.1, 0.15) is 11.6 Å². The summed E-state index contributed by atoms with van der Waals surface area (Å²) >= 11 is 0. The van der Waals surface area contributed by atoms with Gasteiger partial charge in [0.15, 0.2) is 6.10 Å².